The number of amides is 1. The third kappa shape index (κ3) is 6.05. The highest BCUT2D eigenvalue weighted by atomic mass is 79.9. The number of ketones is 1. The zero-order chi connectivity index (χ0) is 13.9. The van der Waals surface area contributed by atoms with Crippen molar-refractivity contribution in [2.45, 2.75) is 39.4 Å². The number of carbonyl (C=O) groups is 2. The molecule has 0 aromatic heterocycles. The quantitative estimate of drug-likeness (QED) is 0.809. The Kier molecular flexibility index (Phi) is 5.64. The molecule has 0 spiro atoms. The summed E-state index contributed by atoms with van der Waals surface area (Å²) in [5.74, 6) is -2.27. The molecular weight excluding hydrogens is 303 g/mol. The van der Waals surface area contributed by atoms with Crippen molar-refractivity contribution >= 4 is 27.6 Å². The van der Waals surface area contributed by atoms with Crippen LogP contribution in [-0.4, -0.2) is 29.2 Å². The summed E-state index contributed by atoms with van der Waals surface area (Å²) in [5, 5.41) is 1.91. The van der Waals surface area contributed by atoms with E-state index in [1.165, 1.54) is 0 Å². The molecule has 0 rings (SSSR count). The summed E-state index contributed by atoms with van der Waals surface area (Å²) >= 11 is 2.93. The van der Waals surface area contributed by atoms with Gasteiger partial charge in [-0.05, 0) is 5.41 Å². The normalized spacial score (nSPS) is 14.3. The van der Waals surface area contributed by atoms with Crippen molar-refractivity contribution in [3.05, 3.63) is 0 Å². The van der Waals surface area contributed by atoms with Crippen LogP contribution in [0.5, 0.6) is 0 Å². The SMILES string of the molecule is CC(C)(C)C(CC(=O)CBr)NC(=O)C(F)(F)F. The van der Waals surface area contributed by atoms with Crippen LogP contribution < -0.4 is 5.32 Å². The fourth-order valence-electron chi connectivity index (χ4n) is 1.10. The van der Waals surface area contributed by atoms with E-state index >= 15 is 0 Å². The predicted octanol–water partition coefficient (Wildman–Crippen LogP) is 2.43. The van der Waals surface area contributed by atoms with E-state index < -0.39 is 23.5 Å². The number of carbonyl (C=O) groups excluding carboxylic acids is 2. The second-order valence-electron chi connectivity index (χ2n) is 4.77. The summed E-state index contributed by atoms with van der Waals surface area (Å²) in [6, 6.07) is -0.846. The van der Waals surface area contributed by atoms with Crippen molar-refractivity contribution in [3.63, 3.8) is 0 Å². The third-order valence-electron chi connectivity index (χ3n) is 2.19. The smallest absolute Gasteiger partial charge is 0.345 e. The van der Waals surface area contributed by atoms with E-state index in [1.807, 2.05) is 5.32 Å². The molecule has 3 nitrogen and oxygen atoms in total. The first-order valence-electron chi connectivity index (χ1n) is 4.94. The average Bonchev–Trinajstić information content (AvgIpc) is 2.13. The first kappa shape index (κ1) is 16.4. The minimum Gasteiger partial charge on any atom is -0.345 e. The third-order valence-corrected chi connectivity index (χ3v) is 2.81. The van der Waals surface area contributed by atoms with E-state index in [4.69, 9.17) is 0 Å². The minimum atomic E-state index is -4.93. The van der Waals surface area contributed by atoms with Crippen molar-refractivity contribution in [2.24, 2.45) is 5.41 Å². The lowest BCUT2D eigenvalue weighted by molar-refractivity contribution is -0.175. The van der Waals surface area contributed by atoms with Gasteiger partial charge in [-0.25, -0.2) is 0 Å². The van der Waals surface area contributed by atoms with Crippen LogP contribution >= 0.6 is 15.9 Å². The van der Waals surface area contributed by atoms with Crippen LogP contribution in [0.15, 0.2) is 0 Å². The number of nitrogens with one attached hydrogen (secondary N) is 1. The summed E-state index contributed by atoms with van der Waals surface area (Å²) in [5.41, 5.74) is -0.626. The van der Waals surface area contributed by atoms with Crippen molar-refractivity contribution in [2.75, 3.05) is 5.33 Å². The van der Waals surface area contributed by atoms with E-state index in [9.17, 15) is 22.8 Å². The fraction of sp³-hybridized carbons (Fsp3) is 0.800. The second-order valence-corrected chi connectivity index (χ2v) is 5.33. The molecular formula is C10H15BrF3NO2. The van der Waals surface area contributed by atoms with Gasteiger partial charge in [0.15, 0.2) is 0 Å². The first-order chi connectivity index (χ1) is 7.48. The fourth-order valence-corrected chi connectivity index (χ4v) is 1.32. The van der Waals surface area contributed by atoms with Crippen LogP contribution in [0.3, 0.4) is 0 Å². The van der Waals surface area contributed by atoms with Gasteiger partial charge >= 0.3 is 12.1 Å². The molecule has 0 saturated heterocycles. The zero-order valence-electron chi connectivity index (χ0n) is 9.82. The molecule has 0 aromatic rings. The average molecular weight is 318 g/mol. The van der Waals surface area contributed by atoms with Gasteiger partial charge < -0.3 is 5.32 Å². The van der Waals surface area contributed by atoms with Crippen LogP contribution in [0.4, 0.5) is 13.2 Å². The van der Waals surface area contributed by atoms with Gasteiger partial charge in [0.25, 0.3) is 0 Å². The van der Waals surface area contributed by atoms with E-state index in [0.29, 0.717) is 0 Å². The number of halogens is 4. The molecule has 1 amide bonds. The molecule has 7 heteroatoms. The number of rotatable bonds is 4. The van der Waals surface area contributed by atoms with E-state index in [2.05, 4.69) is 15.9 Å². The molecule has 0 aromatic carbocycles. The highest BCUT2D eigenvalue weighted by molar-refractivity contribution is 9.09. The number of hydrogen-bond acceptors (Lipinski definition) is 2. The maximum absolute atomic E-state index is 12.1. The van der Waals surface area contributed by atoms with Crippen LogP contribution in [-0.2, 0) is 9.59 Å². The number of Topliss-reactive ketones (excluding diaryl/α,β-unsaturated/α-hetero) is 1. The highest BCUT2D eigenvalue weighted by Gasteiger charge is 2.41. The van der Waals surface area contributed by atoms with Gasteiger partial charge in [0.1, 0.15) is 5.78 Å². The van der Waals surface area contributed by atoms with E-state index in [1.54, 1.807) is 20.8 Å². The summed E-state index contributed by atoms with van der Waals surface area (Å²) < 4.78 is 36.3. The molecule has 1 atom stereocenters. The Balaban J connectivity index is 4.74. The lowest BCUT2D eigenvalue weighted by Crippen LogP contribution is -2.49. The maximum atomic E-state index is 12.1. The van der Waals surface area contributed by atoms with Crippen molar-refractivity contribution in [1.29, 1.82) is 0 Å². The lowest BCUT2D eigenvalue weighted by Gasteiger charge is -2.31. The summed E-state index contributed by atoms with van der Waals surface area (Å²) in [4.78, 5) is 22.1. The number of hydrogen-bond donors (Lipinski definition) is 1. The summed E-state index contributed by atoms with van der Waals surface area (Å²) in [6.07, 6.45) is -5.06. The first-order valence-corrected chi connectivity index (χ1v) is 6.06. The number of alkyl halides is 4. The van der Waals surface area contributed by atoms with Gasteiger partial charge in [-0.15, -0.1) is 0 Å². The predicted molar refractivity (Wildman–Crippen MR) is 60.9 cm³/mol. The lowest BCUT2D eigenvalue weighted by atomic mass is 9.84. The van der Waals surface area contributed by atoms with Crippen molar-refractivity contribution < 1.29 is 22.8 Å². The van der Waals surface area contributed by atoms with Gasteiger partial charge in [0.2, 0.25) is 0 Å². The summed E-state index contributed by atoms with van der Waals surface area (Å²) in [7, 11) is 0. The molecule has 0 aliphatic carbocycles. The van der Waals surface area contributed by atoms with E-state index in [-0.39, 0.29) is 17.5 Å². The molecule has 0 bridgehead atoms. The Morgan fingerprint density at radius 1 is 1.24 bits per heavy atom. The van der Waals surface area contributed by atoms with Gasteiger partial charge in [0.05, 0.1) is 5.33 Å². The Bertz CT molecular complexity index is 297. The van der Waals surface area contributed by atoms with Crippen molar-refractivity contribution in [3.8, 4) is 0 Å². The molecule has 0 saturated carbocycles. The van der Waals surface area contributed by atoms with Crippen molar-refractivity contribution in [1.82, 2.24) is 5.32 Å². The molecule has 1 unspecified atom stereocenters. The Morgan fingerprint density at radius 3 is 2.00 bits per heavy atom. The second kappa shape index (κ2) is 5.84. The zero-order valence-corrected chi connectivity index (χ0v) is 11.4. The minimum absolute atomic E-state index is 0.0570. The summed E-state index contributed by atoms with van der Waals surface area (Å²) in [6.45, 7) is 4.99. The Hall–Kier alpha value is -0.590. The topological polar surface area (TPSA) is 46.2 Å². The molecule has 0 aliphatic heterocycles. The van der Waals surface area contributed by atoms with Gasteiger partial charge in [-0.2, -0.15) is 13.2 Å². The molecule has 0 radical (unpaired) electrons. The van der Waals surface area contributed by atoms with Crippen LogP contribution in [0.25, 0.3) is 0 Å². The van der Waals surface area contributed by atoms with Gasteiger partial charge in [-0.3, -0.25) is 9.59 Å². The van der Waals surface area contributed by atoms with Gasteiger partial charge in [0, 0.05) is 12.5 Å². The standard InChI is InChI=1S/C10H15BrF3NO2/c1-9(2,3)7(4-6(16)5-11)15-8(17)10(12,13)14/h7H,4-5H2,1-3H3,(H,15,17). The highest BCUT2D eigenvalue weighted by Crippen LogP contribution is 2.24. The molecule has 0 aliphatic rings. The van der Waals surface area contributed by atoms with Crippen LogP contribution in [0.1, 0.15) is 27.2 Å². The van der Waals surface area contributed by atoms with Crippen LogP contribution in [0.2, 0.25) is 0 Å². The molecule has 0 heterocycles. The Labute approximate surface area is 106 Å². The molecule has 17 heavy (non-hydrogen) atoms. The van der Waals surface area contributed by atoms with E-state index in [0.717, 1.165) is 0 Å². The molecule has 1 N–H and O–H groups in total. The molecule has 100 valence electrons. The van der Waals surface area contributed by atoms with Crippen LogP contribution in [0, 0.1) is 5.41 Å². The van der Waals surface area contributed by atoms with Gasteiger partial charge in [-0.1, -0.05) is 36.7 Å². The maximum Gasteiger partial charge on any atom is 0.471 e. The molecule has 0 fully saturated rings. The largest absolute Gasteiger partial charge is 0.471 e. The monoisotopic (exact) mass is 317 g/mol. The Morgan fingerprint density at radius 2 is 1.71 bits per heavy atom.